The molecule has 3 nitrogen and oxygen atoms in total. The maximum absolute atomic E-state index is 11.0. The Hall–Kier alpha value is -2.03. The Morgan fingerprint density at radius 2 is 2.11 bits per heavy atom. The minimum Gasteiger partial charge on any atom is -0.478 e. The topological polar surface area (TPSA) is 42.2 Å². The number of allylic oxidation sites excluding steroid dienone is 1. The molecule has 0 fully saturated rings. The molecule has 0 amide bonds. The smallest absolute Gasteiger partial charge is 0.331 e. The van der Waals surface area contributed by atoms with Crippen molar-refractivity contribution in [3.05, 3.63) is 47.7 Å². The second-order valence-corrected chi connectivity index (χ2v) is 4.34. The highest BCUT2D eigenvalue weighted by molar-refractivity contribution is 5.86. The number of carboxylic acids is 1. The van der Waals surface area contributed by atoms with Crippen molar-refractivity contribution in [2.45, 2.75) is 26.8 Å². The molecule has 1 heterocycles. The first kappa shape index (κ1) is 12.4. The number of aliphatic carboxylic acids is 1. The standard InChI is InChI=1S/C15H17NO2/c1-3-12(15(17)18)8-9-16-11(2)10-13-6-4-5-7-14(13)16/h4-8,10H,3,9H2,1-2H3,(H,17,18). The first-order chi connectivity index (χ1) is 8.63. The minimum atomic E-state index is -0.827. The van der Waals surface area contributed by atoms with E-state index >= 15 is 0 Å². The van der Waals surface area contributed by atoms with Crippen molar-refractivity contribution < 1.29 is 9.90 Å². The van der Waals surface area contributed by atoms with Crippen LogP contribution in [0.3, 0.4) is 0 Å². The summed E-state index contributed by atoms with van der Waals surface area (Å²) in [5.74, 6) is -0.827. The van der Waals surface area contributed by atoms with Crippen LogP contribution in [0.2, 0.25) is 0 Å². The van der Waals surface area contributed by atoms with Crippen LogP contribution in [0.1, 0.15) is 19.0 Å². The van der Waals surface area contributed by atoms with Crippen LogP contribution in [-0.4, -0.2) is 15.6 Å². The third-order valence-electron chi connectivity index (χ3n) is 3.19. The molecule has 1 aromatic carbocycles. The molecular weight excluding hydrogens is 226 g/mol. The Morgan fingerprint density at radius 3 is 2.78 bits per heavy atom. The van der Waals surface area contributed by atoms with E-state index in [9.17, 15) is 4.79 Å². The number of aromatic nitrogens is 1. The summed E-state index contributed by atoms with van der Waals surface area (Å²) >= 11 is 0. The molecule has 0 aliphatic carbocycles. The van der Waals surface area contributed by atoms with Gasteiger partial charge < -0.3 is 9.67 Å². The fourth-order valence-electron chi connectivity index (χ4n) is 2.18. The number of para-hydroxylation sites is 1. The lowest BCUT2D eigenvalue weighted by molar-refractivity contribution is -0.132. The molecule has 0 unspecified atom stereocenters. The van der Waals surface area contributed by atoms with Crippen LogP contribution in [0.5, 0.6) is 0 Å². The van der Waals surface area contributed by atoms with Crippen molar-refractivity contribution in [2.24, 2.45) is 0 Å². The average molecular weight is 243 g/mol. The van der Waals surface area contributed by atoms with Gasteiger partial charge >= 0.3 is 5.97 Å². The molecule has 3 heteroatoms. The molecule has 18 heavy (non-hydrogen) atoms. The molecule has 2 aromatic rings. The Kier molecular flexibility index (Phi) is 3.51. The van der Waals surface area contributed by atoms with E-state index in [1.807, 2.05) is 26.0 Å². The van der Waals surface area contributed by atoms with Gasteiger partial charge in [-0.15, -0.1) is 0 Å². The third kappa shape index (κ3) is 2.30. The van der Waals surface area contributed by atoms with E-state index in [0.29, 0.717) is 18.5 Å². The lowest BCUT2D eigenvalue weighted by atomic mass is 10.2. The second-order valence-electron chi connectivity index (χ2n) is 4.34. The molecule has 1 N–H and O–H groups in total. The zero-order valence-corrected chi connectivity index (χ0v) is 10.7. The van der Waals surface area contributed by atoms with Gasteiger partial charge in [-0.2, -0.15) is 0 Å². The lowest BCUT2D eigenvalue weighted by Crippen LogP contribution is -2.03. The number of carboxylic acid groups (broad SMARTS) is 1. The van der Waals surface area contributed by atoms with Crippen molar-refractivity contribution in [3.63, 3.8) is 0 Å². The van der Waals surface area contributed by atoms with E-state index in [0.717, 1.165) is 11.2 Å². The molecule has 0 saturated heterocycles. The summed E-state index contributed by atoms with van der Waals surface area (Å²) in [5.41, 5.74) is 2.76. The van der Waals surface area contributed by atoms with Gasteiger partial charge in [-0.3, -0.25) is 0 Å². The van der Waals surface area contributed by atoms with Gasteiger partial charge in [-0.05, 0) is 30.9 Å². The number of aryl methyl sites for hydroxylation is 1. The molecule has 0 saturated carbocycles. The quantitative estimate of drug-likeness (QED) is 0.836. The Balaban J connectivity index is 2.37. The van der Waals surface area contributed by atoms with E-state index in [1.54, 1.807) is 6.08 Å². The monoisotopic (exact) mass is 243 g/mol. The molecule has 0 atom stereocenters. The largest absolute Gasteiger partial charge is 0.478 e. The number of nitrogens with zero attached hydrogens (tertiary/aromatic N) is 1. The highest BCUT2D eigenvalue weighted by atomic mass is 16.4. The first-order valence-corrected chi connectivity index (χ1v) is 6.10. The zero-order chi connectivity index (χ0) is 13.1. The Morgan fingerprint density at radius 1 is 1.39 bits per heavy atom. The lowest BCUT2D eigenvalue weighted by Gasteiger charge is -2.06. The van der Waals surface area contributed by atoms with Crippen LogP contribution in [0.4, 0.5) is 0 Å². The number of rotatable bonds is 4. The van der Waals surface area contributed by atoms with E-state index < -0.39 is 5.97 Å². The zero-order valence-electron chi connectivity index (χ0n) is 10.7. The number of fused-ring (bicyclic) bond motifs is 1. The summed E-state index contributed by atoms with van der Waals surface area (Å²) in [6.45, 7) is 4.51. The van der Waals surface area contributed by atoms with E-state index in [2.05, 4.69) is 22.8 Å². The summed E-state index contributed by atoms with van der Waals surface area (Å²) in [6, 6.07) is 10.3. The number of hydrogen-bond acceptors (Lipinski definition) is 1. The predicted octanol–water partition coefficient (Wildman–Crippen LogP) is 3.37. The van der Waals surface area contributed by atoms with Crippen LogP contribution >= 0.6 is 0 Å². The first-order valence-electron chi connectivity index (χ1n) is 6.10. The van der Waals surface area contributed by atoms with Crippen LogP contribution in [0.25, 0.3) is 10.9 Å². The van der Waals surface area contributed by atoms with Crippen molar-refractivity contribution in [1.82, 2.24) is 4.57 Å². The molecule has 0 aliphatic heterocycles. The molecule has 0 bridgehead atoms. The van der Waals surface area contributed by atoms with Gasteiger partial charge in [0.2, 0.25) is 0 Å². The molecule has 0 spiro atoms. The molecule has 2 rings (SSSR count). The summed E-state index contributed by atoms with van der Waals surface area (Å²) in [7, 11) is 0. The van der Waals surface area contributed by atoms with Crippen LogP contribution in [-0.2, 0) is 11.3 Å². The van der Waals surface area contributed by atoms with Gasteiger partial charge in [-0.1, -0.05) is 31.2 Å². The van der Waals surface area contributed by atoms with Gasteiger partial charge in [0.1, 0.15) is 0 Å². The Bertz CT molecular complexity index is 608. The second kappa shape index (κ2) is 5.08. The van der Waals surface area contributed by atoms with Gasteiger partial charge in [0, 0.05) is 23.3 Å². The van der Waals surface area contributed by atoms with Gasteiger partial charge in [0.05, 0.1) is 0 Å². The van der Waals surface area contributed by atoms with Crippen LogP contribution in [0.15, 0.2) is 42.0 Å². The van der Waals surface area contributed by atoms with Crippen LogP contribution < -0.4 is 0 Å². The molecule has 94 valence electrons. The van der Waals surface area contributed by atoms with Gasteiger partial charge in [0.25, 0.3) is 0 Å². The minimum absolute atomic E-state index is 0.465. The summed E-state index contributed by atoms with van der Waals surface area (Å²) in [6.07, 6.45) is 2.34. The number of benzene rings is 1. The number of carbonyl (C=O) groups is 1. The van der Waals surface area contributed by atoms with Crippen molar-refractivity contribution in [2.75, 3.05) is 0 Å². The van der Waals surface area contributed by atoms with Crippen LogP contribution in [0, 0.1) is 6.92 Å². The predicted molar refractivity (Wildman–Crippen MR) is 72.7 cm³/mol. The summed E-state index contributed by atoms with van der Waals surface area (Å²) in [4.78, 5) is 11.0. The molecule has 1 aromatic heterocycles. The molecule has 0 aliphatic rings. The van der Waals surface area contributed by atoms with Gasteiger partial charge in [-0.25, -0.2) is 4.79 Å². The summed E-state index contributed by atoms with van der Waals surface area (Å²) < 4.78 is 2.13. The van der Waals surface area contributed by atoms with Crippen molar-refractivity contribution >= 4 is 16.9 Å². The highest BCUT2D eigenvalue weighted by Gasteiger charge is 2.06. The highest BCUT2D eigenvalue weighted by Crippen LogP contribution is 2.19. The molecular formula is C15H17NO2. The maximum Gasteiger partial charge on any atom is 0.331 e. The van der Waals surface area contributed by atoms with E-state index in [4.69, 9.17) is 5.11 Å². The van der Waals surface area contributed by atoms with E-state index in [1.165, 1.54) is 5.39 Å². The normalized spacial score (nSPS) is 12.0. The third-order valence-corrected chi connectivity index (χ3v) is 3.19. The fraction of sp³-hybridized carbons (Fsp3) is 0.267. The number of hydrogen-bond donors (Lipinski definition) is 1. The summed E-state index contributed by atoms with van der Waals surface area (Å²) in [5, 5.41) is 10.2. The Labute approximate surface area is 106 Å². The SMILES string of the molecule is CCC(=CCn1c(C)cc2ccccc21)C(=O)O. The van der Waals surface area contributed by atoms with E-state index in [-0.39, 0.29) is 0 Å². The van der Waals surface area contributed by atoms with Crippen molar-refractivity contribution in [1.29, 1.82) is 0 Å². The molecule has 0 radical (unpaired) electrons. The fourth-order valence-corrected chi connectivity index (χ4v) is 2.18. The average Bonchev–Trinajstić information content (AvgIpc) is 2.66. The van der Waals surface area contributed by atoms with Crippen molar-refractivity contribution in [3.8, 4) is 0 Å². The van der Waals surface area contributed by atoms with Gasteiger partial charge in [0.15, 0.2) is 0 Å². The maximum atomic E-state index is 11.0.